The lowest BCUT2D eigenvalue weighted by Crippen LogP contribution is -2.32. The van der Waals surface area contributed by atoms with Crippen LogP contribution in [-0.2, 0) is 14.4 Å². The Balaban J connectivity index is 1.55. The van der Waals surface area contributed by atoms with Gasteiger partial charge in [0.2, 0.25) is 0 Å². The Labute approximate surface area is 216 Å². The van der Waals surface area contributed by atoms with Gasteiger partial charge in [-0.3, -0.25) is 14.4 Å². The summed E-state index contributed by atoms with van der Waals surface area (Å²) in [5, 5.41) is 9.71. The van der Waals surface area contributed by atoms with E-state index < -0.39 is 11.8 Å². The van der Waals surface area contributed by atoms with Crippen molar-refractivity contribution in [3.8, 4) is 5.75 Å². The second kappa shape index (κ2) is 12.2. The van der Waals surface area contributed by atoms with Crippen molar-refractivity contribution in [1.29, 1.82) is 0 Å². The van der Waals surface area contributed by atoms with Crippen LogP contribution in [0.2, 0.25) is 15.1 Å². The standard InChI is InChI=1S/C24H19Cl3N4O4/c1-14-9-10-16(11-18(14)26)29-21(32)13-35-20-8-3-2-5-15(20)12-28-31-24(34)23(33)30-19-7-4-6-17(25)22(19)27/h2-12H,13H2,1H3,(H,29,32)(H,30,33)(H,31,34)/b28-12-. The maximum atomic E-state index is 12.2. The third kappa shape index (κ3) is 7.45. The molecule has 0 aliphatic carbocycles. The summed E-state index contributed by atoms with van der Waals surface area (Å²) in [6.07, 6.45) is 1.28. The molecule has 0 aromatic heterocycles. The second-order valence-electron chi connectivity index (χ2n) is 7.09. The molecule has 3 amide bonds. The number of amides is 3. The molecule has 0 saturated carbocycles. The minimum Gasteiger partial charge on any atom is -0.483 e. The Morgan fingerprint density at radius 3 is 2.46 bits per heavy atom. The summed E-state index contributed by atoms with van der Waals surface area (Å²) in [7, 11) is 0. The lowest BCUT2D eigenvalue weighted by Gasteiger charge is -2.10. The number of rotatable bonds is 7. The lowest BCUT2D eigenvalue weighted by molar-refractivity contribution is -0.136. The van der Waals surface area contributed by atoms with E-state index in [4.69, 9.17) is 39.5 Å². The summed E-state index contributed by atoms with van der Waals surface area (Å²) >= 11 is 18.0. The largest absolute Gasteiger partial charge is 0.483 e. The Hall–Kier alpha value is -3.59. The first-order valence-electron chi connectivity index (χ1n) is 10.1. The molecule has 3 aromatic rings. The van der Waals surface area contributed by atoms with E-state index >= 15 is 0 Å². The quantitative estimate of drug-likeness (QED) is 0.224. The summed E-state index contributed by atoms with van der Waals surface area (Å²) in [4.78, 5) is 36.4. The fourth-order valence-corrected chi connectivity index (χ4v) is 3.25. The number of nitrogens with one attached hydrogen (secondary N) is 3. The smallest absolute Gasteiger partial charge is 0.329 e. The van der Waals surface area contributed by atoms with Gasteiger partial charge in [0.15, 0.2) is 6.61 Å². The normalized spacial score (nSPS) is 10.6. The molecular weight excluding hydrogens is 515 g/mol. The molecule has 35 heavy (non-hydrogen) atoms. The van der Waals surface area contributed by atoms with Gasteiger partial charge in [-0.05, 0) is 48.9 Å². The van der Waals surface area contributed by atoms with Gasteiger partial charge in [0.1, 0.15) is 5.75 Å². The first-order valence-corrected chi connectivity index (χ1v) is 11.2. The van der Waals surface area contributed by atoms with Crippen molar-refractivity contribution < 1.29 is 19.1 Å². The number of aryl methyl sites for hydroxylation is 1. The molecule has 180 valence electrons. The van der Waals surface area contributed by atoms with Gasteiger partial charge in [-0.1, -0.05) is 59.1 Å². The number of halogens is 3. The first-order chi connectivity index (χ1) is 16.7. The predicted molar refractivity (Wildman–Crippen MR) is 138 cm³/mol. The van der Waals surface area contributed by atoms with Crippen molar-refractivity contribution in [2.75, 3.05) is 17.2 Å². The zero-order valence-corrected chi connectivity index (χ0v) is 20.5. The minimum absolute atomic E-state index is 0.111. The molecule has 3 rings (SSSR count). The van der Waals surface area contributed by atoms with E-state index in [1.54, 1.807) is 54.6 Å². The minimum atomic E-state index is -1.02. The number of benzene rings is 3. The van der Waals surface area contributed by atoms with Crippen molar-refractivity contribution in [1.82, 2.24) is 5.43 Å². The first kappa shape index (κ1) is 26.0. The molecule has 0 radical (unpaired) electrons. The maximum absolute atomic E-state index is 12.2. The highest BCUT2D eigenvalue weighted by molar-refractivity contribution is 6.45. The van der Waals surface area contributed by atoms with Crippen molar-refractivity contribution >= 4 is 70.1 Å². The van der Waals surface area contributed by atoms with E-state index in [0.29, 0.717) is 22.0 Å². The van der Waals surface area contributed by atoms with Gasteiger partial charge in [-0.15, -0.1) is 0 Å². The highest BCUT2D eigenvalue weighted by Crippen LogP contribution is 2.29. The van der Waals surface area contributed by atoms with Crippen LogP contribution in [-0.4, -0.2) is 30.5 Å². The van der Waals surface area contributed by atoms with Crippen molar-refractivity contribution in [3.63, 3.8) is 0 Å². The van der Waals surface area contributed by atoms with Crippen molar-refractivity contribution in [3.05, 3.63) is 86.9 Å². The van der Waals surface area contributed by atoms with Gasteiger partial charge in [0.25, 0.3) is 5.91 Å². The van der Waals surface area contributed by atoms with Crippen LogP contribution in [0.15, 0.2) is 65.8 Å². The summed E-state index contributed by atoms with van der Waals surface area (Å²) in [5.41, 5.74) is 4.21. The molecule has 0 fully saturated rings. The van der Waals surface area contributed by atoms with Gasteiger partial charge in [0.05, 0.1) is 21.9 Å². The zero-order chi connectivity index (χ0) is 25.4. The molecular formula is C24H19Cl3N4O4. The third-order valence-corrected chi connectivity index (χ3v) is 5.74. The number of hydrogen-bond acceptors (Lipinski definition) is 5. The molecule has 0 spiro atoms. The van der Waals surface area contributed by atoms with Crippen LogP contribution in [0.4, 0.5) is 11.4 Å². The molecule has 3 aromatic carbocycles. The average molecular weight is 534 g/mol. The molecule has 0 unspecified atom stereocenters. The number of para-hydroxylation sites is 1. The number of carbonyl (C=O) groups excluding carboxylic acids is 3. The van der Waals surface area contributed by atoms with Crippen LogP contribution < -0.4 is 20.8 Å². The Bertz CT molecular complexity index is 1300. The molecule has 3 N–H and O–H groups in total. The number of nitrogens with zero attached hydrogens (tertiary/aromatic N) is 1. The highest BCUT2D eigenvalue weighted by Gasteiger charge is 2.15. The van der Waals surface area contributed by atoms with Gasteiger partial charge < -0.3 is 15.4 Å². The Kier molecular flexibility index (Phi) is 9.08. The topological polar surface area (TPSA) is 109 Å². The molecule has 0 aliphatic rings. The van der Waals surface area contributed by atoms with Crippen LogP contribution >= 0.6 is 34.8 Å². The molecule has 0 heterocycles. The monoisotopic (exact) mass is 532 g/mol. The van der Waals surface area contributed by atoms with E-state index in [2.05, 4.69) is 21.2 Å². The van der Waals surface area contributed by atoms with Gasteiger partial charge in [-0.25, -0.2) is 5.43 Å². The van der Waals surface area contributed by atoms with E-state index in [-0.39, 0.29) is 28.2 Å². The van der Waals surface area contributed by atoms with Crippen LogP contribution in [0.5, 0.6) is 5.75 Å². The zero-order valence-electron chi connectivity index (χ0n) is 18.3. The second-order valence-corrected chi connectivity index (χ2v) is 8.29. The maximum Gasteiger partial charge on any atom is 0.329 e. The molecule has 0 aliphatic heterocycles. The molecule has 0 bridgehead atoms. The molecule has 0 atom stereocenters. The predicted octanol–water partition coefficient (Wildman–Crippen LogP) is 5.06. The Morgan fingerprint density at radius 2 is 1.69 bits per heavy atom. The Morgan fingerprint density at radius 1 is 0.914 bits per heavy atom. The lowest BCUT2D eigenvalue weighted by atomic mass is 10.2. The van der Waals surface area contributed by atoms with E-state index in [0.717, 1.165) is 5.56 Å². The molecule has 0 saturated heterocycles. The van der Waals surface area contributed by atoms with Gasteiger partial charge >= 0.3 is 11.8 Å². The fraction of sp³-hybridized carbons (Fsp3) is 0.0833. The van der Waals surface area contributed by atoms with Crippen LogP contribution in [0.25, 0.3) is 0 Å². The average Bonchev–Trinajstić information content (AvgIpc) is 2.83. The summed E-state index contributed by atoms with van der Waals surface area (Å²) in [6.45, 7) is 1.59. The highest BCUT2D eigenvalue weighted by atomic mass is 35.5. The van der Waals surface area contributed by atoms with Crippen molar-refractivity contribution in [2.45, 2.75) is 6.92 Å². The van der Waals surface area contributed by atoms with Gasteiger partial charge in [0, 0.05) is 16.3 Å². The van der Waals surface area contributed by atoms with E-state index in [1.807, 2.05) is 6.92 Å². The van der Waals surface area contributed by atoms with Crippen LogP contribution in [0.1, 0.15) is 11.1 Å². The molecule has 11 heteroatoms. The molecule has 8 nitrogen and oxygen atoms in total. The van der Waals surface area contributed by atoms with E-state index in [1.165, 1.54) is 12.3 Å². The van der Waals surface area contributed by atoms with E-state index in [9.17, 15) is 14.4 Å². The van der Waals surface area contributed by atoms with Gasteiger partial charge in [-0.2, -0.15) is 5.10 Å². The van der Waals surface area contributed by atoms with Crippen molar-refractivity contribution in [2.24, 2.45) is 5.10 Å². The summed E-state index contributed by atoms with van der Waals surface area (Å²) < 4.78 is 5.58. The fourth-order valence-electron chi connectivity index (χ4n) is 2.72. The number of carbonyl (C=O) groups is 3. The number of anilines is 2. The summed E-state index contributed by atoms with van der Waals surface area (Å²) in [5.74, 6) is -2.05. The number of ether oxygens (including phenoxy) is 1. The van der Waals surface area contributed by atoms with Crippen LogP contribution in [0.3, 0.4) is 0 Å². The number of hydrogen-bond donors (Lipinski definition) is 3. The number of hydrazone groups is 1. The van der Waals surface area contributed by atoms with Crippen LogP contribution in [0, 0.1) is 6.92 Å². The SMILES string of the molecule is Cc1ccc(NC(=O)COc2ccccc2/C=N\NC(=O)C(=O)Nc2cccc(Cl)c2Cl)cc1Cl. The summed E-state index contributed by atoms with van der Waals surface area (Å²) in [6, 6.07) is 16.5. The third-order valence-electron chi connectivity index (χ3n) is 4.51.